The molecule has 3 aromatic rings. The number of likely N-dealkylation sites (tertiary alicyclic amines) is 1. The van der Waals surface area contributed by atoms with Crippen LogP contribution in [0.4, 0.5) is 4.39 Å². The topological polar surface area (TPSA) is 31.9 Å². The molecule has 2 aromatic carbocycles. The lowest BCUT2D eigenvalue weighted by atomic mass is 9.81. The van der Waals surface area contributed by atoms with Gasteiger partial charge < -0.3 is 4.98 Å². The van der Waals surface area contributed by atoms with Crippen LogP contribution in [0.5, 0.6) is 0 Å². The number of halogens is 1. The van der Waals surface area contributed by atoms with E-state index in [1.54, 1.807) is 12.1 Å². The molecule has 0 aliphatic carbocycles. The molecule has 1 fully saturated rings. The van der Waals surface area contributed by atoms with Crippen LogP contribution < -0.4 is 0 Å². The number of imidazole rings is 1. The van der Waals surface area contributed by atoms with Crippen molar-refractivity contribution in [3.63, 3.8) is 0 Å². The quantitative estimate of drug-likeness (QED) is 0.594. The summed E-state index contributed by atoms with van der Waals surface area (Å²) in [7, 11) is 0. The minimum absolute atomic E-state index is 0.0631. The fourth-order valence-electron chi connectivity index (χ4n) is 4.89. The second-order valence-electron chi connectivity index (χ2n) is 8.30. The monoisotopic (exact) mass is 379 g/mol. The first-order chi connectivity index (χ1) is 13.6. The van der Waals surface area contributed by atoms with Crippen LogP contribution in [0, 0.1) is 11.7 Å². The fraction of sp³-hybridized carbons (Fsp3) is 0.458. The molecular formula is C24H30FN3. The number of fused-ring (bicyclic) bond motifs is 1. The number of rotatable bonds is 6. The van der Waals surface area contributed by atoms with E-state index in [0.717, 1.165) is 48.2 Å². The fourth-order valence-corrected chi connectivity index (χ4v) is 4.89. The first-order valence-corrected chi connectivity index (χ1v) is 10.6. The zero-order valence-electron chi connectivity index (χ0n) is 16.9. The predicted molar refractivity (Wildman–Crippen MR) is 113 cm³/mol. The van der Waals surface area contributed by atoms with Gasteiger partial charge in [-0.05, 0) is 62.3 Å². The average Bonchev–Trinajstić information content (AvgIpc) is 3.09. The van der Waals surface area contributed by atoms with Gasteiger partial charge in [0.25, 0.3) is 0 Å². The van der Waals surface area contributed by atoms with Gasteiger partial charge in [0.15, 0.2) is 0 Å². The Hall–Kier alpha value is -2.20. The SMILES string of the molecule is CCCC1CC(Cc2ccccc2F)CC(C)N1Cc1nc2ccccc2[nH]1. The molecule has 1 aliphatic heterocycles. The van der Waals surface area contributed by atoms with E-state index in [1.807, 2.05) is 24.3 Å². The van der Waals surface area contributed by atoms with Crippen molar-refractivity contribution in [1.82, 2.24) is 14.9 Å². The Bertz CT molecular complexity index is 886. The Labute approximate surface area is 167 Å². The van der Waals surface area contributed by atoms with Crippen molar-refractivity contribution in [2.45, 2.75) is 64.6 Å². The van der Waals surface area contributed by atoms with E-state index in [0.29, 0.717) is 18.0 Å². The lowest BCUT2D eigenvalue weighted by Gasteiger charge is -2.44. The van der Waals surface area contributed by atoms with E-state index < -0.39 is 0 Å². The molecule has 4 rings (SSSR count). The zero-order chi connectivity index (χ0) is 19.5. The number of H-pyrrole nitrogens is 1. The van der Waals surface area contributed by atoms with Gasteiger partial charge in [-0.2, -0.15) is 0 Å². The van der Waals surface area contributed by atoms with Crippen molar-refractivity contribution in [2.24, 2.45) is 5.92 Å². The molecule has 1 aliphatic rings. The number of para-hydroxylation sites is 2. The molecule has 3 atom stereocenters. The Morgan fingerprint density at radius 3 is 2.68 bits per heavy atom. The minimum Gasteiger partial charge on any atom is -0.341 e. The molecular weight excluding hydrogens is 349 g/mol. The first kappa shape index (κ1) is 19.1. The molecule has 0 spiro atoms. The summed E-state index contributed by atoms with van der Waals surface area (Å²) in [5, 5.41) is 0. The number of hydrogen-bond donors (Lipinski definition) is 1. The molecule has 0 bridgehead atoms. The third kappa shape index (κ3) is 4.12. The molecule has 28 heavy (non-hydrogen) atoms. The lowest BCUT2D eigenvalue weighted by molar-refractivity contribution is 0.0458. The Morgan fingerprint density at radius 2 is 1.89 bits per heavy atom. The summed E-state index contributed by atoms with van der Waals surface area (Å²) in [6.45, 7) is 5.43. The van der Waals surface area contributed by atoms with Gasteiger partial charge in [0.2, 0.25) is 0 Å². The first-order valence-electron chi connectivity index (χ1n) is 10.6. The summed E-state index contributed by atoms with van der Waals surface area (Å²) < 4.78 is 14.1. The highest BCUT2D eigenvalue weighted by atomic mass is 19.1. The zero-order valence-corrected chi connectivity index (χ0v) is 16.9. The van der Waals surface area contributed by atoms with Crippen LogP contribution in [-0.2, 0) is 13.0 Å². The third-order valence-corrected chi connectivity index (χ3v) is 6.17. The van der Waals surface area contributed by atoms with Gasteiger partial charge in [-0.1, -0.05) is 43.7 Å². The van der Waals surface area contributed by atoms with Crippen molar-refractivity contribution < 1.29 is 4.39 Å². The molecule has 0 saturated carbocycles. The van der Waals surface area contributed by atoms with Crippen molar-refractivity contribution in [2.75, 3.05) is 0 Å². The summed E-state index contributed by atoms with van der Waals surface area (Å²) in [4.78, 5) is 10.9. The molecule has 4 heteroatoms. The molecule has 2 heterocycles. The number of piperidine rings is 1. The summed E-state index contributed by atoms with van der Waals surface area (Å²) in [5.41, 5.74) is 3.00. The van der Waals surface area contributed by atoms with E-state index in [2.05, 4.69) is 35.9 Å². The van der Waals surface area contributed by atoms with Gasteiger partial charge in [-0.15, -0.1) is 0 Å². The molecule has 0 amide bonds. The average molecular weight is 380 g/mol. The maximum Gasteiger partial charge on any atom is 0.126 e. The molecule has 148 valence electrons. The van der Waals surface area contributed by atoms with Gasteiger partial charge in [0.05, 0.1) is 17.6 Å². The number of nitrogens with one attached hydrogen (secondary N) is 1. The van der Waals surface area contributed by atoms with Crippen LogP contribution in [0.1, 0.15) is 50.9 Å². The highest BCUT2D eigenvalue weighted by Crippen LogP contribution is 2.33. The molecule has 1 saturated heterocycles. The van der Waals surface area contributed by atoms with E-state index in [4.69, 9.17) is 4.98 Å². The van der Waals surface area contributed by atoms with Crippen LogP contribution in [0.25, 0.3) is 11.0 Å². The van der Waals surface area contributed by atoms with Gasteiger partial charge >= 0.3 is 0 Å². The predicted octanol–water partition coefficient (Wildman–Crippen LogP) is 5.71. The van der Waals surface area contributed by atoms with E-state index in [-0.39, 0.29) is 5.82 Å². The van der Waals surface area contributed by atoms with Gasteiger partial charge in [-0.3, -0.25) is 4.90 Å². The van der Waals surface area contributed by atoms with Crippen LogP contribution in [0.3, 0.4) is 0 Å². The second-order valence-corrected chi connectivity index (χ2v) is 8.30. The Balaban J connectivity index is 1.49. The van der Waals surface area contributed by atoms with Crippen molar-refractivity contribution in [1.29, 1.82) is 0 Å². The largest absolute Gasteiger partial charge is 0.341 e. The van der Waals surface area contributed by atoms with Gasteiger partial charge in [0.1, 0.15) is 11.6 Å². The standard InChI is InChI=1S/C24H30FN3/c1-3-8-20-15-18(14-19-9-4-5-10-21(19)25)13-17(2)28(20)16-24-26-22-11-6-7-12-23(22)27-24/h4-7,9-12,17-18,20H,3,8,13-16H2,1-2H3,(H,26,27). The maximum atomic E-state index is 14.1. The van der Waals surface area contributed by atoms with E-state index in [1.165, 1.54) is 12.8 Å². The van der Waals surface area contributed by atoms with Crippen LogP contribution in [0.2, 0.25) is 0 Å². The number of benzene rings is 2. The summed E-state index contributed by atoms with van der Waals surface area (Å²) in [5.74, 6) is 1.52. The van der Waals surface area contributed by atoms with Gasteiger partial charge in [-0.25, -0.2) is 9.37 Å². The van der Waals surface area contributed by atoms with Crippen LogP contribution in [0.15, 0.2) is 48.5 Å². The number of hydrogen-bond acceptors (Lipinski definition) is 2. The number of nitrogens with zero attached hydrogens (tertiary/aromatic N) is 2. The minimum atomic E-state index is -0.0631. The molecule has 1 aromatic heterocycles. The number of aromatic amines is 1. The molecule has 1 N–H and O–H groups in total. The highest BCUT2D eigenvalue weighted by Gasteiger charge is 2.33. The second kappa shape index (κ2) is 8.44. The maximum absolute atomic E-state index is 14.1. The molecule has 3 unspecified atom stereocenters. The summed E-state index contributed by atoms with van der Waals surface area (Å²) in [6.07, 6.45) is 5.43. The number of aromatic nitrogens is 2. The third-order valence-electron chi connectivity index (χ3n) is 6.17. The van der Waals surface area contributed by atoms with E-state index >= 15 is 0 Å². The molecule has 0 radical (unpaired) electrons. The molecule has 3 nitrogen and oxygen atoms in total. The highest BCUT2D eigenvalue weighted by molar-refractivity contribution is 5.74. The Kier molecular flexibility index (Phi) is 5.77. The van der Waals surface area contributed by atoms with Crippen molar-refractivity contribution >= 4 is 11.0 Å². The van der Waals surface area contributed by atoms with E-state index in [9.17, 15) is 4.39 Å². The van der Waals surface area contributed by atoms with Gasteiger partial charge in [0, 0.05) is 12.1 Å². The normalized spacial score (nSPS) is 23.3. The summed E-state index contributed by atoms with van der Waals surface area (Å²) in [6, 6.07) is 16.5. The lowest BCUT2D eigenvalue weighted by Crippen LogP contribution is -2.48. The Morgan fingerprint density at radius 1 is 1.11 bits per heavy atom. The van der Waals surface area contributed by atoms with Crippen LogP contribution in [-0.4, -0.2) is 27.0 Å². The van der Waals surface area contributed by atoms with Crippen LogP contribution >= 0.6 is 0 Å². The summed E-state index contributed by atoms with van der Waals surface area (Å²) >= 11 is 0. The van der Waals surface area contributed by atoms with Crippen molar-refractivity contribution in [3.05, 3.63) is 65.7 Å². The van der Waals surface area contributed by atoms with Crippen molar-refractivity contribution in [3.8, 4) is 0 Å². The smallest absolute Gasteiger partial charge is 0.126 e.